The molecular formula is C20H18ClN3O4. The van der Waals surface area contributed by atoms with E-state index in [4.69, 9.17) is 26.8 Å². The lowest BCUT2D eigenvalue weighted by atomic mass is 10.1. The lowest BCUT2D eigenvalue weighted by Gasteiger charge is -2.11. The van der Waals surface area contributed by atoms with Crippen LogP contribution in [-0.4, -0.2) is 25.0 Å². The number of anilines is 1. The van der Waals surface area contributed by atoms with Crippen molar-refractivity contribution in [3.63, 3.8) is 0 Å². The van der Waals surface area contributed by atoms with Crippen LogP contribution < -0.4 is 20.5 Å². The summed E-state index contributed by atoms with van der Waals surface area (Å²) in [6, 6.07) is 13.2. The smallest absolute Gasteiger partial charge is 0.266 e. The minimum atomic E-state index is -0.614. The maximum Gasteiger partial charge on any atom is 0.266 e. The van der Waals surface area contributed by atoms with Crippen LogP contribution in [0.15, 0.2) is 48.0 Å². The summed E-state index contributed by atoms with van der Waals surface area (Å²) in [6.07, 6.45) is 1.42. The molecule has 2 amide bonds. The molecule has 0 saturated carbocycles. The fraction of sp³-hybridized carbons (Fsp3) is 0.150. The number of nitrogens with one attached hydrogen (secondary N) is 1. The number of halogens is 1. The number of hydrogen-bond donors (Lipinski definition) is 2. The van der Waals surface area contributed by atoms with Crippen LogP contribution in [0, 0.1) is 11.3 Å². The van der Waals surface area contributed by atoms with Crippen molar-refractivity contribution in [3.8, 4) is 17.6 Å². The van der Waals surface area contributed by atoms with E-state index in [0.717, 1.165) is 0 Å². The Morgan fingerprint density at radius 3 is 2.50 bits per heavy atom. The zero-order valence-electron chi connectivity index (χ0n) is 15.1. The highest BCUT2D eigenvalue weighted by molar-refractivity contribution is 6.30. The van der Waals surface area contributed by atoms with E-state index in [2.05, 4.69) is 5.32 Å². The molecule has 2 aromatic rings. The highest BCUT2D eigenvalue weighted by atomic mass is 35.5. The summed E-state index contributed by atoms with van der Waals surface area (Å²) in [4.78, 5) is 23.2. The average molecular weight is 400 g/mol. The molecule has 0 fully saturated rings. The van der Waals surface area contributed by atoms with Crippen molar-refractivity contribution in [1.82, 2.24) is 0 Å². The van der Waals surface area contributed by atoms with Gasteiger partial charge in [-0.3, -0.25) is 9.59 Å². The van der Waals surface area contributed by atoms with Crippen molar-refractivity contribution in [1.29, 1.82) is 5.26 Å². The lowest BCUT2D eigenvalue weighted by Crippen LogP contribution is -2.20. The van der Waals surface area contributed by atoms with Gasteiger partial charge in [-0.15, -0.1) is 0 Å². The van der Waals surface area contributed by atoms with Crippen LogP contribution in [0.4, 0.5) is 5.69 Å². The summed E-state index contributed by atoms with van der Waals surface area (Å²) in [5, 5.41) is 12.5. The largest absolute Gasteiger partial charge is 0.490 e. The van der Waals surface area contributed by atoms with Gasteiger partial charge in [-0.25, -0.2) is 0 Å². The van der Waals surface area contributed by atoms with Gasteiger partial charge in [0.25, 0.3) is 11.8 Å². The zero-order valence-corrected chi connectivity index (χ0v) is 15.8. The molecule has 2 rings (SSSR count). The van der Waals surface area contributed by atoms with E-state index in [0.29, 0.717) is 34.4 Å². The third-order valence-corrected chi connectivity index (χ3v) is 3.67. The molecule has 0 aliphatic heterocycles. The summed E-state index contributed by atoms with van der Waals surface area (Å²) in [6.45, 7) is 1.87. The van der Waals surface area contributed by atoms with Gasteiger partial charge in [0.2, 0.25) is 0 Å². The monoisotopic (exact) mass is 399 g/mol. The molecule has 0 aromatic heterocycles. The molecule has 0 aliphatic rings. The Labute approximate surface area is 167 Å². The maximum atomic E-state index is 12.3. The van der Waals surface area contributed by atoms with Crippen LogP contribution in [0.2, 0.25) is 5.02 Å². The van der Waals surface area contributed by atoms with Crippen LogP contribution in [0.25, 0.3) is 6.08 Å². The number of carbonyl (C=O) groups is 2. The lowest BCUT2D eigenvalue weighted by molar-refractivity contribution is -0.120. The summed E-state index contributed by atoms with van der Waals surface area (Å²) in [5.74, 6) is -0.469. The molecule has 144 valence electrons. The van der Waals surface area contributed by atoms with Gasteiger partial charge in [-0.2, -0.15) is 5.26 Å². The summed E-state index contributed by atoms with van der Waals surface area (Å²) < 4.78 is 10.8. The number of nitriles is 1. The van der Waals surface area contributed by atoms with Crippen LogP contribution in [0.1, 0.15) is 12.5 Å². The van der Waals surface area contributed by atoms with Crippen molar-refractivity contribution < 1.29 is 19.1 Å². The second kappa shape index (κ2) is 10.00. The number of rotatable bonds is 8. The number of carbonyl (C=O) groups excluding carboxylic acids is 2. The molecule has 7 nitrogen and oxygen atoms in total. The Kier molecular flexibility index (Phi) is 7.43. The molecule has 8 heteroatoms. The molecule has 0 spiro atoms. The Balaban J connectivity index is 2.23. The van der Waals surface area contributed by atoms with Crippen molar-refractivity contribution in [2.75, 3.05) is 18.5 Å². The van der Waals surface area contributed by atoms with E-state index in [9.17, 15) is 14.9 Å². The molecule has 0 atom stereocenters. The summed E-state index contributed by atoms with van der Waals surface area (Å²) in [5.41, 5.74) is 6.05. The number of nitrogens with zero attached hydrogens (tertiary/aromatic N) is 1. The first kappa shape index (κ1) is 20.8. The SMILES string of the molecule is CCOc1cc(/C=C(/C#N)C(=O)Nc2ccc(Cl)cc2)ccc1OCC(N)=O. The zero-order chi connectivity index (χ0) is 20.5. The second-order valence-corrected chi connectivity index (χ2v) is 5.96. The number of ether oxygens (including phenoxy) is 2. The molecular weight excluding hydrogens is 382 g/mol. The van der Waals surface area contributed by atoms with Gasteiger partial charge in [0.05, 0.1) is 6.61 Å². The first-order chi connectivity index (χ1) is 13.4. The topological polar surface area (TPSA) is 114 Å². The van der Waals surface area contributed by atoms with E-state index in [-0.39, 0.29) is 12.2 Å². The number of nitrogens with two attached hydrogens (primary N) is 1. The third kappa shape index (κ3) is 6.04. The highest BCUT2D eigenvalue weighted by Gasteiger charge is 2.12. The average Bonchev–Trinajstić information content (AvgIpc) is 2.67. The number of hydrogen-bond acceptors (Lipinski definition) is 5. The van der Waals surface area contributed by atoms with Crippen LogP contribution in [-0.2, 0) is 9.59 Å². The molecule has 0 unspecified atom stereocenters. The van der Waals surface area contributed by atoms with Crippen LogP contribution >= 0.6 is 11.6 Å². The highest BCUT2D eigenvalue weighted by Crippen LogP contribution is 2.29. The Morgan fingerprint density at radius 1 is 1.18 bits per heavy atom. The van der Waals surface area contributed by atoms with Crippen LogP contribution in [0.5, 0.6) is 11.5 Å². The van der Waals surface area contributed by atoms with E-state index in [1.165, 1.54) is 6.08 Å². The Morgan fingerprint density at radius 2 is 1.89 bits per heavy atom. The standard InChI is InChI=1S/C20H18ClN3O4/c1-2-27-18-10-13(3-8-17(18)28-12-19(23)25)9-14(11-22)20(26)24-16-6-4-15(21)5-7-16/h3-10H,2,12H2,1H3,(H2,23,25)(H,24,26)/b14-9-. The fourth-order valence-corrected chi connectivity index (χ4v) is 2.32. The van der Waals surface area contributed by atoms with Gasteiger partial charge < -0.3 is 20.5 Å². The summed E-state index contributed by atoms with van der Waals surface area (Å²) >= 11 is 5.81. The van der Waals surface area contributed by atoms with E-state index in [1.807, 2.05) is 6.07 Å². The first-order valence-corrected chi connectivity index (χ1v) is 8.67. The maximum absolute atomic E-state index is 12.3. The van der Waals surface area contributed by atoms with Gasteiger partial charge in [0.1, 0.15) is 11.6 Å². The van der Waals surface area contributed by atoms with Gasteiger partial charge in [0, 0.05) is 10.7 Å². The van der Waals surface area contributed by atoms with E-state index < -0.39 is 11.8 Å². The van der Waals surface area contributed by atoms with Crippen molar-refractivity contribution in [2.45, 2.75) is 6.92 Å². The number of primary amides is 1. The quantitative estimate of drug-likeness (QED) is 0.522. The van der Waals surface area contributed by atoms with E-state index in [1.54, 1.807) is 49.4 Å². The van der Waals surface area contributed by atoms with Gasteiger partial charge in [-0.05, 0) is 55.0 Å². The normalized spacial score (nSPS) is 10.7. The van der Waals surface area contributed by atoms with Crippen LogP contribution in [0.3, 0.4) is 0 Å². The Bertz CT molecular complexity index is 933. The molecule has 0 bridgehead atoms. The first-order valence-electron chi connectivity index (χ1n) is 8.29. The molecule has 2 aromatic carbocycles. The fourth-order valence-electron chi connectivity index (χ4n) is 2.20. The predicted octanol–water partition coefficient (Wildman–Crippen LogP) is 3.15. The van der Waals surface area contributed by atoms with Gasteiger partial charge >= 0.3 is 0 Å². The molecule has 28 heavy (non-hydrogen) atoms. The number of amides is 2. The molecule has 0 heterocycles. The van der Waals surface area contributed by atoms with E-state index >= 15 is 0 Å². The van der Waals surface area contributed by atoms with Gasteiger partial charge in [-0.1, -0.05) is 17.7 Å². The molecule has 0 saturated heterocycles. The molecule has 0 aliphatic carbocycles. The minimum absolute atomic E-state index is 0.0943. The molecule has 3 N–H and O–H groups in total. The minimum Gasteiger partial charge on any atom is -0.490 e. The van der Waals surface area contributed by atoms with Gasteiger partial charge in [0.15, 0.2) is 18.1 Å². The van der Waals surface area contributed by atoms with Crippen molar-refractivity contribution in [2.24, 2.45) is 5.73 Å². The second-order valence-electron chi connectivity index (χ2n) is 5.53. The number of benzene rings is 2. The molecule has 0 radical (unpaired) electrons. The predicted molar refractivity (Wildman–Crippen MR) is 106 cm³/mol. The van der Waals surface area contributed by atoms with Crippen molar-refractivity contribution >= 4 is 35.2 Å². The van der Waals surface area contributed by atoms with Crippen molar-refractivity contribution in [3.05, 3.63) is 58.6 Å². The Hall–Kier alpha value is -3.50. The third-order valence-electron chi connectivity index (χ3n) is 3.42. The summed E-state index contributed by atoms with van der Waals surface area (Å²) in [7, 11) is 0.